The molecule has 2 rings (SSSR count). The van der Waals surface area contributed by atoms with Crippen LogP contribution in [0, 0.1) is 0 Å². The van der Waals surface area contributed by atoms with E-state index in [0.717, 1.165) is 24.8 Å². The zero-order valence-electron chi connectivity index (χ0n) is 10.7. The van der Waals surface area contributed by atoms with E-state index < -0.39 is 0 Å². The molecule has 1 heterocycles. The van der Waals surface area contributed by atoms with E-state index >= 15 is 0 Å². The topological polar surface area (TPSA) is 22.0 Å². The molecule has 0 aliphatic heterocycles. The van der Waals surface area contributed by atoms with E-state index in [1.807, 2.05) is 4.57 Å². The van der Waals surface area contributed by atoms with Crippen molar-refractivity contribution in [1.29, 1.82) is 0 Å². The second kappa shape index (κ2) is 5.30. The molecule has 1 aromatic heterocycles. The van der Waals surface area contributed by atoms with Crippen LogP contribution in [0.5, 0.6) is 0 Å². The molecule has 0 spiro atoms. The van der Waals surface area contributed by atoms with E-state index in [1.165, 1.54) is 24.1 Å². The average Bonchev–Trinajstić information content (AvgIpc) is 2.37. The molecule has 1 aliphatic carbocycles. The molecule has 0 saturated heterocycles. The van der Waals surface area contributed by atoms with Crippen molar-refractivity contribution in [3.8, 4) is 0 Å². The summed E-state index contributed by atoms with van der Waals surface area (Å²) in [6, 6.07) is 2.39. The lowest BCUT2D eigenvalue weighted by molar-refractivity contribution is 0.473. The van der Waals surface area contributed by atoms with Gasteiger partial charge in [0.05, 0.1) is 0 Å². The fraction of sp³-hybridized carbons (Fsp3) is 0.643. The highest BCUT2D eigenvalue weighted by atomic mass is 32.1. The molecule has 0 amide bonds. The van der Waals surface area contributed by atoms with Gasteiger partial charge in [-0.25, -0.2) is 0 Å². The van der Waals surface area contributed by atoms with Crippen LogP contribution in [0.4, 0.5) is 0 Å². The van der Waals surface area contributed by atoms with Gasteiger partial charge in [-0.3, -0.25) is 4.79 Å². The molecule has 0 fully saturated rings. The van der Waals surface area contributed by atoms with Gasteiger partial charge in [-0.15, -0.1) is 0 Å². The Morgan fingerprint density at radius 2 is 2.12 bits per heavy atom. The fourth-order valence-corrected chi connectivity index (χ4v) is 2.88. The van der Waals surface area contributed by atoms with E-state index in [4.69, 9.17) is 0 Å². The SMILES string of the molecule is CCC(C)n1c2c(cc(CS)c1=O)CCCC2. The Morgan fingerprint density at radius 3 is 2.76 bits per heavy atom. The van der Waals surface area contributed by atoms with Crippen LogP contribution in [-0.4, -0.2) is 4.57 Å². The first-order valence-electron chi connectivity index (χ1n) is 6.56. The molecule has 3 heteroatoms. The van der Waals surface area contributed by atoms with Crippen molar-refractivity contribution >= 4 is 12.6 Å². The van der Waals surface area contributed by atoms with E-state index in [1.54, 1.807) is 0 Å². The van der Waals surface area contributed by atoms with E-state index in [2.05, 4.69) is 32.5 Å². The summed E-state index contributed by atoms with van der Waals surface area (Å²) in [6.07, 6.45) is 5.64. The van der Waals surface area contributed by atoms with Crippen LogP contribution in [0.3, 0.4) is 0 Å². The van der Waals surface area contributed by atoms with Crippen LogP contribution in [0.15, 0.2) is 10.9 Å². The fourth-order valence-electron chi connectivity index (χ4n) is 2.65. The third kappa shape index (κ3) is 2.30. The van der Waals surface area contributed by atoms with Crippen molar-refractivity contribution in [3.05, 3.63) is 33.2 Å². The van der Waals surface area contributed by atoms with Gasteiger partial charge in [-0.2, -0.15) is 12.6 Å². The van der Waals surface area contributed by atoms with Gasteiger partial charge in [0.1, 0.15) is 0 Å². The Kier molecular flexibility index (Phi) is 3.97. The van der Waals surface area contributed by atoms with Crippen molar-refractivity contribution in [2.75, 3.05) is 0 Å². The van der Waals surface area contributed by atoms with Crippen molar-refractivity contribution in [3.63, 3.8) is 0 Å². The number of hydrogen-bond donors (Lipinski definition) is 1. The predicted molar refractivity (Wildman–Crippen MR) is 75.0 cm³/mol. The maximum Gasteiger partial charge on any atom is 0.255 e. The van der Waals surface area contributed by atoms with Crippen molar-refractivity contribution in [2.24, 2.45) is 0 Å². The first-order chi connectivity index (χ1) is 8.19. The number of thiol groups is 1. The number of rotatable bonds is 3. The standard InChI is InChI=1S/C14H21NOS/c1-3-10(2)15-13-7-5-4-6-11(13)8-12(9-17)14(15)16/h8,10,17H,3-7,9H2,1-2H3. The number of aromatic nitrogens is 1. The minimum atomic E-state index is 0.176. The molecule has 0 saturated carbocycles. The molecule has 1 aliphatic rings. The first-order valence-corrected chi connectivity index (χ1v) is 7.19. The number of aryl methyl sites for hydroxylation is 1. The van der Waals surface area contributed by atoms with Crippen LogP contribution >= 0.6 is 12.6 Å². The predicted octanol–water partition coefficient (Wildman–Crippen LogP) is 3.13. The van der Waals surface area contributed by atoms with Crippen LogP contribution in [0.2, 0.25) is 0 Å². The van der Waals surface area contributed by atoms with Gasteiger partial charge in [0, 0.05) is 23.1 Å². The Labute approximate surface area is 108 Å². The van der Waals surface area contributed by atoms with Crippen LogP contribution in [-0.2, 0) is 18.6 Å². The Balaban J connectivity index is 2.64. The van der Waals surface area contributed by atoms with Crippen LogP contribution in [0.1, 0.15) is 56.0 Å². The number of pyridine rings is 1. The van der Waals surface area contributed by atoms with Crippen molar-refractivity contribution < 1.29 is 0 Å². The van der Waals surface area contributed by atoms with Gasteiger partial charge in [0.15, 0.2) is 0 Å². The summed E-state index contributed by atoms with van der Waals surface area (Å²) in [5.74, 6) is 0.544. The van der Waals surface area contributed by atoms with Gasteiger partial charge in [0.2, 0.25) is 0 Å². The average molecular weight is 251 g/mol. The molecule has 0 aromatic carbocycles. The summed E-state index contributed by atoms with van der Waals surface area (Å²) in [6.45, 7) is 4.28. The quantitative estimate of drug-likeness (QED) is 0.819. The summed E-state index contributed by atoms with van der Waals surface area (Å²) < 4.78 is 2.03. The van der Waals surface area contributed by atoms with Crippen molar-refractivity contribution in [2.45, 2.75) is 57.7 Å². The lowest BCUT2D eigenvalue weighted by Crippen LogP contribution is -2.31. The van der Waals surface area contributed by atoms with Gasteiger partial charge < -0.3 is 4.57 Å². The molecule has 1 aromatic rings. The summed E-state index contributed by atoms with van der Waals surface area (Å²) in [7, 11) is 0. The lowest BCUT2D eigenvalue weighted by atomic mass is 9.94. The molecule has 17 heavy (non-hydrogen) atoms. The molecular formula is C14H21NOS. The molecule has 1 unspecified atom stereocenters. The molecule has 2 nitrogen and oxygen atoms in total. The molecular weight excluding hydrogens is 230 g/mol. The van der Waals surface area contributed by atoms with Gasteiger partial charge >= 0.3 is 0 Å². The summed E-state index contributed by atoms with van der Waals surface area (Å²) >= 11 is 4.28. The zero-order chi connectivity index (χ0) is 12.4. The minimum Gasteiger partial charge on any atom is -0.309 e. The largest absolute Gasteiger partial charge is 0.309 e. The summed E-state index contributed by atoms with van der Waals surface area (Å²) in [5.41, 5.74) is 3.69. The zero-order valence-corrected chi connectivity index (χ0v) is 11.6. The molecule has 0 radical (unpaired) electrons. The smallest absolute Gasteiger partial charge is 0.255 e. The summed E-state index contributed by atoms with van der Waals surface area (Å²) in [5, 5.41) is 0. The normalized spacial score (nSPS) is 16.6. The second-order valence-corrected chi connectivity index (χ2v) is 5.26. The number of hydrogen-bond acceptors (Lipinski definition) is 2. The third-order valence-corrected chi connectivity index (χ3v) is 4.16. The number of fused-ring (bicyclic) bond motifs is 1. The van der Waals surface area contributed by atoms with Gasteiger partial charge in [0.25, 0.3) is 5.56 Å². The second-order valence-electron chi connectivity index (χ2n) is 4.94. The van der Waals surface area contributed by atoms with Crippen LogP contribution in [0.25, 0.3) is 0 Å². The molecule has 0 N–H and O–H groups in total. The van der Waals surface area contributed by atoms with Gasteiger partial charge in [-0.1, -0.05) is 6.92 Å². The lowest BCUT2D eigenvalue weighted by Gasteiger charge is -2.25. The molecule has 1 atom stereocenters. The van der Waals surface area contributed by atoms with E-state index in [-0.39, 0.29) is 5.56 Å². The van der Waals surface area contributed by atoms with E-state index in [0.29, 0.717) is 11.8 Å². The Hall–Kier alpha value is -0.700. The van der Waals surface area contributed by atoms with Gasteiger partial charge in [-0.05, 0) is 50.7 Å². The number of nitrogens with zero attached hydrogens (tertiary/aromatic N) is 1. The Bertz CT molecular complexity index is 464. The highest BCUT2D eigenvalue weighted by Crippen LogP contribution is 2.24. The van der Waals surface area contributed by atoms with Crippen LogP contribution < -0.4 is 5.56 Å². The van der Waals surface area contributed by atoms with E-state index in [9.17, 15) is 4.79 Å². The monoisotopic (exact) mass is 251 g/mol. The maximum absolute atomic E-state index is 12.4. The molecule has 94 valence electrons. The highest BCUT2D eigenvalue weighted by molar-refractivity contribution is 7.79. The maximum atomic E-state index is 12.4. The summed E-state index contributed by atoms with van der Waals surface area (Å²) in [4.78, 5) is 12.4. The highest BCUT2D eigenvalue weighted by Gasteiger charge is 2.19. The molecule has 0 bridgehead atoms. The third-order valence-electron chi connectivity index (χ3n) is 3.82. The van der Waals surface area contributed by atoms with Crippen molar-refractivity contribution in [1.82, 2.24) is 4.57 Å². The Morgan fingerprint density at radius 1 is 1.41 bits per heavy atom. The first kappa shape index (κ1) is 12.7. The minimum absolute atomic E-state index is 0.176.